The lowest BCUT2D eigenvalue weighted by molar-refractivity contribution is 0.215. The summed E-state index contributed by atoms with van der Waals surface area (Å²) in [6, 6.07) is 10.2. The number of aryl methyl sites for hydroxylation is 1. The summed E-state index contributed by atoms with van der Waals surface area (Å²) in [5, 5.41) is 10.2. The standard InChI is InChI=1S/C18H20O3/c1-10-5-7-13(8-6-10)18-12(3)16-11(2)17(19)15(20-4)9-14(16)21-18/h5-9,12,18-19H,1-4H3/t12-,18-/m1/s1. The molecule has 0 saturated carbocycles. The van der Waals surface area contributed by atoms with Gasteiger partial charge in [-0.05, 0) is 19.4 Å². The molecule has 0 spiro atoms. The number of phenolic OH excluding ortho intramolecular Hbond substituents is 1. The Morgan fingerprint density at radius 1 is 1.14 bits per heavy atom. The zero-order valence-corrected chi connectivity index (χ0v) is 12.8. The third kappa shape index (κ3) is 2.13. The highest BCUT2D eigenvalue weighted by Crippen LogP contribution is 2.51. The Kier molecular flexibility index (Phi) is 3.28. The van der Waals surface area contributed by atoms with E-state index < -0.39 is 0 Å². The number of fused-ring (bicyclic) bond motifs is 1. The number of phenols is 1. The van der Waals surface area contributed by atoms with Gasteiger partial charge in [-0.2, -0.15) is 0 Å². The zero-order chi connectivity index (χ0) is 15.1. The minimum absolute atomic E-state index is 0.0224. The van der Waals surface area contributed by atoms with E-state index in [-0.39, 0.29) is 17.8 Å². The first-order valence-electron chi connectivity index (χ1n) is 7.16. The molecule has 0 fully saturated rings. The number of ether oxygens (including phenoxy) is 2. The third-order valence-electron chi connectivity index (χ3n) is 4.31. The van der Waals surface area contributed by atoms with Crippen molar-refractivity contribution in [3.8, 4) is 17.2 Å². The van der Waals surface area contributed by atoms with Crippen molar-refractivity contribution in [1.29, 1.82) is 0 Å². The van der Waals surface area contributed by atoms with Crippen LogP contribution in [-0.4, -0.2) is 12.2 Å². The molecule has 0 radical (unpaired) electrons. The largest absolute Gasteiger partial charge is 0.504 e. The van der Waals surface area contributed by atoms with E-state index >= 15 is 0 Å². The minimum Gasteiger partial charge on any atom is -0.504 e. The maximum Gasteiger partial charge on any atom is 0.164 e. The van der Waals surface area contributed by atoms with Crippen LogP contribution in [0.4, 0.5) is 0 Å². The summed E-state index contributed by atoms with van der Waals surface area (Å²) >= 11 is 0. The number of aromatic hydroxyl groups is 1. The van der Waals surface area contributed by atoms with Crippen LogP contribution in [0.2, 0.25) is 0 Å². The predicted octanol–water partition coefficient (Wildman–Crippen LogP) is 4.25. The smallest absolute Gasteiger partial charge is 0.164 e. The van der Waals surface area contributed by atoms with E-state index in [4.69, 9.17) is 9.47 Å². The van der Waals surface area contributed by atoms with Crippen LogP contribution in [0, 0.1) is 13.8 Å². The van der Waals surface area contributed by atoms with E-state index in [2.05, 4.69) is 38.1 Å². The maximum atomic E-state index is 10.2. The first-order chi connectivity index (χ1) is 10.0. The van der Waals surface area contributed by atoms with Gasteiger partial charge in [0.15, 0.2) is 11.5 Å². The average molecular weight is 284 g/mol. The van der Waals surface area contributed by atoms with Gasteiger partial charge in [0.1, 0.15) is 11.9 Å². The molecule has 0 saturated heterocycles. The number of methoxy groups -OCH3 is 1. The van der Waals surface area contributed by atoms with Crippen LogP contribution in [-0.2, 0) is 0 Å². The van der Waals surface area contributed by atoms with E-state index in [1.54, 1.807) is 13.2 Å². The van der Waals surface area contributed by atoms with E-state index in [9.17, 15) is 5.11 Å². The first kappa shape index (κ1) is 13.8. The fourth-order valence-electron chi connectivity index (χ4n) is 3.08. The molecule has 1 aliphatic heterocycles. The van der Waals surface area contributed by atoms with Gasteiger partial charge in [0.25, 0.3) is 0 Å². The fourth-order valence-corrected chi connectivity index (χ4v) is 3.08. The van der Waals surface area contributed by atoms with Crippen molar-refractivity contribution in [1.82, 2.24) is 0 Å². The number of hydrogen-bond donors (Lipinski definition) is 1. The van der Waals surface area contributed by atoms with Gasteiger partial charge in [0.2, 0.25) is 0 Å². The summed E-state index contributed by atoms with van der Waals surface area (Å²) in [5.41, 5.74) is 4.30. The van der Waals surface area contributed by atoms with Crippen molar-refractivity contribution < 1.29 is 14.6 Å². The van der Waals surface area contributed by atoms with Crippen LogP contribution < -0.4 is 9.47 Å². The molecule has 0 aromatic heterocycles. The Labute approximate surface area is 125 Å². The lowest BCUT2D eigenvalue weighted by Gasteiger charge is -2.16. The molecule has 110 valence electrons. The topological polar surface area (TPSA) is 38.7 Å². The molecule has 1 N–H and O–H groups in total. The quantitative estimate of drug-likeness (QED) is 0.895. The third-order valence-corrected chi connectivity index (χ3v) is 4.31. The van der Waals surface area contributed by atoms with Gasteiger partial charge >= 0.3 is 0 Å². The average Bonchev–Trinajstić information content (AvgIpc) is 2.81. The number of hydrogen-bond acceptors (Lipinski definition) is 3. The normalized spacial score (nSPS) is 20.0. The van der Waals surface area contributed by atoms with Gasteiger partial charge in [-0.3, -0.25) is 0 Å². The Morgan fingerprint density at radius 3 is 2.43 bits per heavy atom. The van der Waals surface area contributed by atoms with Gasteiger partial charge in [0.05, 0.1) is 7.11 Å². The molecule has 0 amide bonds. The van der Waals surface area contributed by atoms with Gasteiger partial charge in [-0.15, -0.1) is 0 Å². The molecule has 1 aliphatic rings. The Balaban J connectivity index is 2.04. The van der Waals surface area contributed by atoms with Crippen LogP contribution >= 0.6 is 0 Å². The molecule has 3 heteroatoms. The van der Waals surface area contributed by atoms with Gasteiger partial charge in [-0.1, -0.05) is 36.8 Å². The van der Waals surface area contributed by atoms with Crippen LogP contribution in [0.1, 0.15) is 41.2 Å². The van der Waals surface area contributed by atoms with E-state index in [1.807, 2.05) is 6.92 Å². The summed E-state index contributed by atoms with van der Waals surface area (Å²) in [7, 11) is 1.55. The summed E-state index contributed by atoms with van der Waals surface area (Å²) < 4.78 is 11.3. The highest BCUT2D eigenvalue weighted by atomic mass is 16.5. The fraction of sp³-hybridized carbons (Fsp3) is 0.333. The Bertz CT molecular complexity index is 674. The number of rotatable bonds is 2. The summed E-state index contributed by atoms with van der Waals surface area (Å²) in [4.78, 5) is 0. The molecule has 0 bridgehead atoms. The van der Waals surface area contributed by atoms with Crippen molar-refractivity contribution in [2.24, 2.45) is 0 Å². The Morgan fingerprint density at radius 2 is 1.81 bits per heavy atom. The van der Waals surface area contributed by atoms with Crippen LogP contribution in [0.15, 0.2) is 30.3 Å². The molecule has 2 aromatic rings. The van der Waals surface area contributed by atoms with Crippen LogP contribution in [0.3, 0.4) is 0 Å². The van der Waals surface area contributed by atoms with Gasteiger partial charge in [-0.25, -0.2) is 0 Å². The molecule has 0 aliphatic carbocycles. The van der Waals surface area contributed by atoms with Crippen molar-refractivity contribution in [3.05, 3.63) is 52.6 Å². The van der Waals surface area contributed by atoms with Gasteiger partial charge in [0, 0.05) is 23.1 Å². The maximum absolute atomic E-state index is 10.2. The second-order valence-corrected chi connectivity index (χ2v) is 5.70. The van der Waals surface area contributed by atoms with Crippen LogP contribution in [0.25, 0.3) is 0 Å². The summed E-state index contributed by atoms with van der Waals surface area (Å²) in [6.45, 7) is 6.12. The minimum atomic E-state index is -0.0224. The molecule has 2 aromatic carbocycles. The summed E-state index contributed by atoms with van der Waals surface area (Å²) in [6.07, 6.45) is -0.0224. The molecular weight excluding hydrogens is 264 g/mol. The lowest BCUT2D eigenvalue weighted by atomic mass is 9.89. The van der Waals surface area contributed by atoms with Crippen LogP contribution in [0.5, 0.6) is 17.2 Å². The second kappa shape index (κ2) is 4.99. The second-order valence-electron chi connectivity index (χ2n) is 5.70. The van der Waals surface area contributed by atoms with E-state index in [1.165, 1.54) is 5.56 Å². The Hall–Kier alpha value is -2.16. The molecule has 3 rings (SSSR count). The highest BCUT2D eigenvalue weighted by Gasteiger charge is 2.35. The predicted molar refractivity (Wildman–Crippen MR) is 82.4 cm³/mol. The monoisotopic (exact) mass is 284 g/mol. The van der Waals surface area contributed by atoms with Gasteiger partial charge < -0.3 is 14.6 Å². The van der Waals surface area contributed by atoms with E-state index in [0.717, 1.165) is 22.4 Å². The van der Waals surface area contributed by atoms with E-state index in [0.29, 0.717) is 5.75 Å². The zero-order valence-electron chi connectivity index (χ0n) is 12.8. The SMILES string of the molecule is COc1cc2c(c(C)c1O)[C@@H](C)[C@H](c1ccc(C)cc1)O2. The number of benzene rings is 2. The highest BCUT2D eigenvalue weighted by molar-refractivity contribution is 5.59. The molecule has 2 atom stereocenters. The summed E-state index contributed by atoms with van der Waals surface area (Å²) in [5.74, 6) is 1.67. The van der Waals surface area contributed by atoms with Crippen molar-refractivity contribution >= 4 is 0 Å². The molecule has 0 unspecified atom stereocenters. The van der Waals surface area contributed by atoms with Crippen molar-refractivity contribution in [2.75, 3.05) is 7.11 Å². The van der Waals surface area contributed by atoms with Crippen molar-refractivity contribution in [3.63, 3.8) is 0 Å². The molecule has 3 nitrogen and oxygen atoms in total. The lowest BCUT2D eigenvalue weighted by Crippen LogP contribution is -2.07. The molecular formula is C18H20O3. The first-order valence-corrected chi connectivity index (χ1v) is 7.16. The molecule has 1 heterocycles. The molecule has 21 heavy (non-hydrogen) atoms. The van der Waals surface area contributed by atoms with Crippen molar-refractivity contribution in [2.45, 2.75) is 32.8 Å².